The molecule has 0 saturated carbocycles. The third-order valence-electron chi connectivity index (χ3n) is 2.61. The molecule has 1 fully saturated rings. The predicted molar refractivity (Wildman–Crippen MR) is 61.1 cm³/mol. The third-order valence-corrected chi connectivity index (χ3v) is 3.03. The van der Waals surface area contributed by atoms with Crippen LogP contribution in [0.5, 0.6) is 0 Å². The van der Waals surface area contributed by atoms with E-state index in [0.29, 0.717) is 13.0 Å². The zero-order valence-electron chi connectivity index (χ0n) is 8.53. The smallest absolute Gasteiger partial charge is 0.228 e. The average molecular weight is 225 g/mol. The summed E-state index contributed by atoms with van der Waals surface area (Å²) in [6, 6.07) is 5.53. The highest BCUT2D eigenvalue weighted by Gasteiger charge is 2.27. The van der Waals surface area contributed by atoms with Crippen LogP contribution in [0.2, 0.25) is 5.02 Å². The number of halogens is 1. The number of aryl methyl sites for hydroxylation is 1. The molecule has 3 nitrogen and oxygen atoms in total. The van der Waals surface area contributed by atoms with Crippen molar-refractivity contribution in [1.29, 1.82) is 0 Å². The molecule has 1 amide bonds. The zero-order chi connectivity index (χ0) is 11.0. The number of rotatable bonds is 1. The molecule has 2 rings (SSSR count). The molecule has 0 spiro atoms. The number of nitrogens with zero attached hydrogens (tertiary/aromatic N) is 1. The Bertz CT molecular complexity index is 406. The van der Waals surface area contributed by atoms with Crippen LogP contribution in [0.3, 0.4) is 0 Å². The molecule has 1 aromatic rings. The van der Waals surface area contributed by atoms with Crippen molar-refractivity contribution in [2.45, 2.75) is 19.4 Å². The number of carbonyl (C=O) groups excluding carboxylic acids is 1. The molecule has 1 unspecified atom stereocenters. The number of nitrogens with two attached hydrogens (primary N) is 1. The van der Waals surface area contributed by atoms with Crippen molar-refractivity contribution in [1.82, 2.24) is 0 Å². The summed E-state index contributed by atoms with van der Waals surface area (Å²) in [5.41, 5.74) is 7.59. The van der Waals surface area contributed by atoms with Gasteiger partial charge in [0.15, 0.2) is 0 Å². The van der Waals surface area contributed by atoms with Crippen LogP contribution < -0.4 is 10.6 Å². The summed E-state index contributed by atoms with van der Waals surface area (Å²) in [5, 5.41) is 0.717. The summed E-state index contributed by atoms with van der Waals surface area (Å²) in [6.07, 6.45) is 0.432. The summed E-state index contributed by atoms with van der Waals surface area (Å²) in [6.45, 7) is 2.52. The molecule has 0 aliphatic carbocycles. The third kappa shape index (κ3) is 1.98. The molecule has 1 aliphatic heterocycles. The number of amides is 1. The second-order valence-corrected chi connectivity index (χ2v) is 4.31. The van der Waals surface area contributed by atoms with Gasteiger partial charge >= 0.3 is 0 Å². The van der Waals surface area contributed by atoms with Gasteiger partial charge in [-0.15, -0.1) is 0 Å². The molecule has 0 aromatic heterocycles. The average Bonchev–Trinajstić information content (AvgIpc) is 2.50. The van der Waals surface area contributed by atoms with Gasteiger partial charge in [0.25, 0.3) is 0 Å². The van der Waals surface area contributed by atoms with Gasteiger partial charge in [0.2, 0.25) is 5.91 Å². The van der Waals surface area contributed by atoms with Crippen molar-refractivity contribution in [3.8, 4) is 0 Å². The van der Waals surface area contributed by atoms with Crippen LogP contribution >= 0.6 is 11.6 Å². The normalized spacial score (nSPS) is 21.1. The van der Waals surface area contributed by atoms with Gasteiger partial charge in [0.1, 0.15) is 0 Å². The molecule has 1 aromatic carbocycles. The van der Waals surface area contributed by atoms with Gasteiger partial charge in [0, 0.05) is 29.7 Å². The Morgan fingerprint density at radius 3 is 2.80 bits per heavy atom. The molecule has 2 N–H and O–H groups in total. The fourth-order valence-corrected chi connectivity index (χ4v) is 1.90. The Morgan fingerprint density at radius 2 is 2.27 bits per heavy atom. The Morgan fingerprint density at radius 1 is 1.53 bits per heavy atom. The summed E-state index contributed by atoms with van der Waals surface area (Å²) >= 11 is 5.92. The highest BCUT2D eigenvalue weighted by molar-refractivity contribution is 6.31. The van der Waals surface area contributed by atoms with Gasteiger partial charge in [-0.05, 0) is 30.7 Å². The topological polar surface area (TPSA) is 46.3 Å². The molecule has 1 heterocycles. The van der Waals surface area contributed by atoms with E-state index in [9.17, 15) is 4.79 Å². The van der Waals surface area contributed by atoms with E-state index >= 15 is 0 Å². The lowest BCUT2D eigenvalue weighted by Crippen LogP contribution is -2.27. The van der Waals surface area contributed by atoms with Gasteiger partial charge in [0.05, 0.1) is 0 Å². The molecular formula is C11H13ClN2O. The largest absolute Gasteiger partial charge is 0.326 e. The van der Waals surface area contributed by atoms with Gasteiger partial charge in [-0.25, -0.2) is 0 Å². The fraction of sp³-hybridized carbons (Fsp3) is 0.364. The summed E-state index contributed by atoms with van der Waals surface area (Å²) in [4.78, 5) is 13.3. The minimum Gasteiger partial charge on any atom is -0.326 e. The minimum atomic E-state index is -0.0477. The second kappa shape index (κ2) is 3.83. The highest BCUT2D eigenvalue weighted by atomic mass is 35.5. The minimum absolute atomic E-state index is 0.0477. The van der Waals surface area contributed by atoms with E-state index in [1.807, 2.05) is 25.1 Å². The van der Waals surface area contributed by atoms with Crippen molar-refractivity contribution in [2.75, 3.05) is 11.4 Å². The predicted octanol–water partition coefficient (Wildman–Crippen LogP) is 1.71. The lowest BCUT2D eigenvalue weighted by molar-refractivity contribution is -0.117. The number of hydrogen-bond acceptors (Lipinski definition) is 2. The maximum absolute atomic E-state index is 11.6. The maximum atomic E-state index is 11.6. The van der Waals surface area contributed by atoms with Crippen LogP contribution in [0.4, 0.5) is 5.69 Å². The van der Waals surface area contributed by atoms with Gasteiger partial charge in [-0.1, -0.05) is 11.6 Å². The lowest BCUT2D eigenvalue weighted by atomic mass is 10.2. The molecule has 80 valence electrons. The van der Waals surface area contributed by atoms with Gasteiger partial charge < -0.3 is 10.6 Å². The first-order chi connectivity index (χ1) is 7.08. The Kier molecular flexibility index (Phi) is 2.67. The van der Waals surface area contributed by atoms with E-state index in [4.69, 9.17) is 17.3 Å². The lowest BCUT2D eigenvalue weighted by Gasteiger charge is -2.16. The van der Waals surface area contributed by atoms with Crippen LogP contribution in [0, 0.1) is 6.92 Å². The first kappa shape index (κ1) is 10.5. The van der Waals surface area contributed by atoms with Crippen molar-refractivity contribution >= 4 is 23.2 Å². The number of anilines is 1. The zero-order valence-corrected chi connectivity index (χ0v) is 9.29. The molecule has 0 bridgehead atoms. The Labute approximate surface area is 93.8 Å². The van der Waals surface area contributed by atoms with Crippen LogP contribution in [-0.4, -0.2) is 18.5 Å². The van der Waals surface area contributed by atoms with Crippen LogP contribution in [0.1, 0.15) is 12.0 Å². The number of benzene rings is 1. The molecule has 1 saturated heterocycles. The first-order valence-corrected chi connectivity index (χ1v) is 5.28. The van der Waals surface area contributed by atoms with Crippen molar-refractivity contribution in [3.63, 3.8) is 0 Å². The number of hydrogen-bond donors (Lipinski definition) is 1. The van der Waals surface area contributed by atoms with Crippen molar-refractivity contribution in [3.05, 3.63) is 28.8 Å². The van der Waals surface area contributed by atoms with E-state index in [1.165, 1.54) is 0 Å². The van der Waals surface area contributed by atoms with Crippen molar-refractivity contribution < 1.29 is 4.79 Å². The van der Waals surface area contributed by atoms with E-state index < -0.39 is 0 Å². The van der Waals surface area contributed by atoms with Gasteiger partial charge in [-0.3, -0.25) is 4.79 Å². The Balaban J connectivity index is 2.30. The molecule has 15 heavy (non-hydrogen) atoms. The summed E-state index contributed by atoms with van der Waals surface area (Å²) in [5.74, 6) is 0.0872. The fourth-order valence-electron chi connectivity index (χ4n) is 1.78. The summed E-state index contributed by atoms with van der Waals surface area (Å²) in [7, 11) is 0. The van der Waals surface area contributed by atoms with Crippen LogP contribution in [0.25, 0.3) is 0 Å². The summed E-state index contributed by atoms with van der Waals surface area (Å²) < 4.78 is 0. The molecule has 0 radical (unpaired) electrons. The quantitative estimate of drug-likeness (QED) is 0.790. The molecule has 1 atom stereocenters. The molecule has 1 aliphatic rings. The van der Waals surface area contributed by atoms with E-state index in [0.717, 1.165) is 16.3 Å². The SMILES string of the molecule is Cc1cc(N2CC(N)CC2=O)ccc1Cl. The standard InChI is InChI=1S/C11H13ClN2O/c1-7-4-9(2-3-10(7)12)14-6-8(13)5-11(14)15/h2-4,8H,5-6,13H2,1H3. The molecular weight excluding hydrogens is 212 g/mol. The van der Waals surface area contributed by atoms with Gasteiger partial charge in [-0.2, -0.15) is 0 Å². The Hall–Kier alpha value is -1.06. The van der Waals surface area contributed by atoms with E-state index in [-0.39, 0.29) is 11.9 Å². The molecule has 4 heteroatoms. The van der Waals surface area contributed by atoms with E-state index in [1.54, 1.807) is 4.90 Å². The highest BCUT2D eigenvalue weighted by Crippen LogP contribution is 2.25. The first-order valence-electron chi connectivity index (χ1n) is 4.90. The monoisotopic (exact) mass is 224 g/mol. The van der Waals surface area contributed by atoms with Crippen LogP contribution in [-0.2, 0) is 4.79 Å². The maximum Gasteiger partial charge on any atom is 0.228 e. The number of carbonyl (C=O) groups is 1. The van der Waals surface area contributed by atoms with E-state index in [2.05, 4.69) is 0 Å². The van der Waals surface area contributed by atoms with Crippen LogP contribution in [0.15, 0.2) is 18.2 Å². The second-order valence-electron chi connectivity index (χ2n) is 3.90. The van der Waals surface area contributed by atoms with Crippen molar-refractivity contribution in [2.24, 2.45) is 5.73 Å².